The molecule has 0 bridgehead atoms. The SMILES string of the molecule is COCCNC(=O)c1ccc(CN(c2ccc(C)c(C)c2)S(C)(=O)=O)cc1. The van der Waals surface area contributed by atoms with E-state index in [1.807, 2.05) is 26.0 Å². The van der Waals surface area contributed by atoms with Crippen LogP contribution in [0.5, 0.6) is 0 Å². The van der Waals surface area contributed by atoms with Crippen molar-refractivity contribution in [2.24, 2.45) is 0 Å². The van der Waals surface area contributed by atoms with E-state index in [2.05, 4.69) is 5.32 Å². The number of nitrogens with zero attached hydrogens (tertiary/aromatic N) is 1. The first-order valence-electron chi connectivity index (χ1n) is 8.63. The molecule has 0 spiro atoms. The molecule has 0 aliphatic heterocycles. The summed E-state index contributed by atoms with van der Waals surface area (Å²) in [6, 6.07) is 12.5. The first-order chi connectivity index (χ1) is 12.7. The highest BCUT2D eigenvalue weighted by Crippen LogP contribution is 2.23. The van der Waals surface area contributed by atoms with Crippen LogP contribution in [0.3, 0.4) is 0 Å². The lowest BCUT2D eigenvalue weighted by atomic mass is 10.1. The van der Waals surface area contributed by atoms with Gasteiger partial charge in [0.05, 0.1) is 25.1 Å². The van der Waals surface area contributed by atoms with E-state index < -0.39 is 10.0 Å². The smallest absolute Gasteiger partial charge is 0.251 e. The Hall–Kier alpha value is -2.38. The first-order valence-corrected chi connectivity index (χ1v) is 10.5. The topological polar surface area (TPSA) is 75.7 Å². The third-order valence-electron chi connectivity index (χ3n) is 4.31. The van der Waals surface area contributed by atoms with Crippen LogP contribution in [0.15, 0.2) is 42.5 Å². The molecule has 0 fully saturated rings. The number of methoxy groups -OCH3 is 1. The lowest BCUT2D eigenvalue weighted by Gasteiger charge is -2.23. The molecule has 27 heavy (non-hydrogen) atoms. The zero-order chi connectivity index (χ0) is 20.0. The van der Waals surface area contributed by atoms with Crippen molar-refractivity contribution in [3.63, 3.8) is 0 Å². The Morgan fingerprint density at radius 1 is 1.07 bits per heavy atom. The summed E-state index contributed by atoms with van der Waals surface area (Å²) in [7, 11) is -1.87. The van der Waals surface area contributed by atoms with Gasteiger partial charge in [-0.15, -0.1) is 0 Å². The molecule has 7 heteroatoms. The molecule has 0 aromatic heterocycles. The van der Waals surface area contributed by atoms with Crippen molar-refractivity contribution < 1.29 is 17.9 Å². The van der Waals surface area contributed by atoms with E-state index in [1.54, 1.807) is 37.4 Å². The minimum Gasteiger partial charge on any atom is -0.383 e. The Kier molecular flexibility index (Phi) is 6.98. The number of hydrogen-bond donors (Lipinski definition) is 1. The van der Waals surface area contributed by atoms with Gasteiger partial charge >= 0.3 is 0 Å². The number of carbonyl (C=O) groups is 1. The average Bonchev–Trinajstić information content (AvgIpc) is 2.62. The van der Waals surface area contributed by atoms with E-state index in [1.165, 1.54) is 10.6 Å². The van der Waals surface area contributed by atoms with Crippen LogP contribution in [-0.4, -0.2) is 40.8 Å². The summed E-state index contributed by atoms with van der Waals surface area (Å²) in [5, 5.41) is 2.75. The van der Waals surface area contributed by atoms with Crippen LogP contribution in [0, 0.1) is 13.8 Å². The molecule has 2 aromatic carbocycles. The Labute approximate surface area is 161 Å². The number of sulfonamides is 1. The Balaban J connectivity index is 2.18. The van der Waals surface area contributed by atoms with E-state index in [9.17, 15) is 13.2 Å². The molecule has 1 amide bonds. The fourth-order valence-electron chi connectivity index (χ4n) is 2.58. The van der Waals surface area contributed by atoms with Gasteiger partial charge in [-0.2, -0.15) is 0 Å². The van der Waals surface area contributed by atoms with E-state index in [-0.39, 0.29) is 12.5 Å². The summed E-state index contributed by atoms with van der Waals surface area (Å²) in [5.41, 5.74) is 4.08. The van der Waals surface area contributed by atoms with Gasteiger partial charge in [-0.05, 0) is 54.8 Å². The van der Waals surface area contributed by atoms with Gasteiger partial charge in [-0.25, -0.2) is 8.42 Å². The largest absolute Gasteiger partial charge is 0.383 e. The molecule has 6 nitrogen and oxygen atoms in total. The van der Waals surface area contributed by atoms with Crippen molar-refractivity contribution in [1.82, 2.24) is 5.32 Å². The predicted molar refractivity (Wildman–Crippen MR) is 108 cm³/mol. The van der Waals surface area contributed by atoms with Crippen LogP contribution in [0.4, 0.5) is 5.69 Å². The monoisotopic (exact) mass is 390 g/mol. The highest BCUT2D eigenvalue weighted by molar-refractivity contribution is 7.92. The Morgan fingerprint density at radius 2 is 1.74 bits per heavy atom. The summed E-state index contributed by atoms with van der Waals surface area (Å²) >= 11 is 0. The summed E-state index contributed by atoms with van der Waals surface area (Å²) in [6.07, 6.45) is 1.19. The van der Waals surface area contributed by atoms with E-state index in [4.69, 9.17) is 4.74 Å². The van der Waals surface area contributed by atoms with Crippen molar-refractivity contribution in [2.45, 2.75) is 20.4 Å². The maximum atomic E-state index is 12.3. The number of amides is 1. The maximum absolute atomic E-state index is 12.3. The Bertz CT molecular complexity index is 893. The molecule has 0 aliphatic carbocycles. The van der Waals surface area contributed by atoms with Gasteiger partial charge in [0, 0.05) is 19.2 Å². The van der Waals surface area contributed by atoms with Gasteiger partial charge in [0.2, 0.25) is 10.0 Å². The summed E-state index contributed by atoms with van der Waals surface area (Å²) < 4.78 is 30.9. The van der Waals surface area contributed by atoms with Crippen molar-refractivity contribution in [1.29, 1.82) is 0 Å². The van der Waals surface area contributed by atoms with Crippen LogP contribution in [0.25, 0.3) is 0 Å². The van der Waals surface area contributed by atoms with Crippen LogP contribution in [0.1, 0.15) is 27.0 Å². The minimum absolute atomic E-state index is 0.187. The molecule has 0 heterocycles. The lowest BCUT2D eigenvalue weighted by Crippen LogP contribution is -2.29. The quantitative estimate of drug-likeness (QED) is 0.703. The molecule has 0 aliphatic rings. The van der Waals surface area contributed by atoms with Crippen molar-refractivity contribution in [3.05, 3.63) is 64.7 Å². The third kappa shape index (κ3) is 5.80. The number of anilines is 1. The number of aryl methyl sites for hydroxylation is 2. The van der Waals surface area contributed by atoms with Crippen LogP contribution in [-0.2, 0) is 21.3 Å². The van der Waals surface area contributed by atoms with Crippen molar-refractivity contribution in [3.8, 4) is 0 Å². The van der Waals surface area contributed by atoms with Crippen molar-refractivity contribution >= 4 is 21.6 Å². The fourth-order valence-corrected chi connectivity index (χ4v) is 3.46. The van der Waals surface area contributed by atoms with Gasteiger partial charge in [-0.3, -0.25) is 9.10 Å². The van der Waals surface area contributed by atoms with E-state index in [0.717, 1.165) is 16.7 Å². The number of benzene rings is 2. The molecule has 2 aromatic rings. The van der Waals surface area contributed by atoms with Crippen molar-refractivity contribution in [2.75, 3.05) is 30.8 Å². The fraction of sp³-hybridized carbons (Fsp3) is 0.350. The van der Waals surface area contributed by atoms with Gasteiger partial charge in [-0.1, -0.05) is 18.2 Å². The summed E-state index contributed by atoms with van der Waals surface area (Å²) in [5.74, 6) is -0.187. The van der Waals surface area contributed by atoms with Gasteiger partial charge in [0.25, 0.3) is 5.91 Å². The molecular weight excluding hydrogens is 364 g/mol. The van der Waals surface area contributed by atoms with Gasteiger partial charge in [0.1, 0.15) is 0 Å². The highest BCUT2D eigenvalue weighted by Gasteiger charge is 2.18. The molecule has 0 unspecified atom stereocenters. The number of hydrogen-bond acceptors (Lipinski definition) is 4. The maximum Gasteiger partial charge on any atom is 0.251 e. The summed E-state index contributed by atoms with van der Waals surface area (Å²) in [4.78, 5) is 12.0. The second kappa shape index (κ2) is 9.01. The zero-order valence-corrected chi connectivity index (χ0v) is 17.0. The molecule has 146 valence electrons. The molecule has 0 radical (unpaired) electrons. The van der Waals surface area contributed by atoms with E-state index in [0.29, 0.717) is 24.4 Å². The molecular formula is C20H26N2O4S. The number of nitrogens with one attached hydrogen (secondary N) is 1. The van der Waals surface area contributed by atoms with Crippen LogP contribution in [0.2, 0.25) is 0 Å². The standard InChI is InChI=1S/C20H26N2O4S/c1-15-5-10-19(13-16(15)2)22(27(4,24)25)14-17-6-8-18(9-7-17)20(23)21-11-12-26-3/h5-10,13H,11-12,14H2,1-4H3,(H,21,23). The normalized spacial score (nSPS) is 11.3. The highest BCUT2D eigenvalue weighted by atomic mass is 32.2. The molecule has 0 atom stereocenters. The molecule has 1 N–H and O–H groups in total. The second-order valence-corrected chi connectivity index (χ2v) is 8.39. The lowest BCUT2D eigenvalue weighted by molar-refractivity contribution is 0.0937. The van der Waals surface area contributed by atoms with Crippen LogP contribution >= 0.6 is 0 Å². The Morgan fingerprint density at radius 3 is 2.30 bits per heavy atom. The molecule has 0 saturated heterocycles. The first kappa shape index (κ1) is 20.9. The molecule has 2 rings (SSSR count). The minimum atomic E-state index is -3.45. The number of ether oxygens (including phenoxy) is 1. The predicted octanol–water partition coefficient (Wildman–Crippen LogP) is 2.65. The van der Waals surface area contributed by atoms with Crippen LogP contribution < -0.4 is 9.62 Å². The molecule has 0 saturated carbocycles. The van der Waals surface area contributed by atoms with E-state index >= 15 is 0 Å². The third-order valence-corrected chi connectivity index (χ3v) is 5.45. The number of rotatable bonds is 8. The second-order valence-electron chi connectivity index (χ2n) is 6.48. The average molecular weight is 391 g/mol. The number of carbonyl (C=O) groups excluding carboxylic acids is 1. The van der Waals surface area contributed by atoms with Gasteiger partial charge < -0.3 is 10.1 Å². The summed E-state index contributed by atoms with van der Waals surface area (Å²) in [6.45, 7) is 5.03. The zero-order valence-electron chi connectivity index (χ0n) is 16.2. The van der Waals surface area contributed by atoms with Gasteiger partial charge in [0.15, 0.2) is 0 Å².